The van der Waals surface area contributed by atoms with Gasteiger partial charge in [-0.3, -0.25) is 9.78 Å². The number of rotatable bonds is 3. The van der Waals surface area contributed by atoms with E-state index in [0.29, 0.717) is 5.56 Å². The maximum Gasteiger partial charge on any atom is 0.151 e. The molecule has 0 aliphatic rings. The molecule has 2 aromatic heterocycles. The summed E-state index contributed by atoms with van der Waals surface area (Å²) < 4.78 is 1.79. The number of pyridine rings is 1. The van der Waals surface area contributed by atoms with Gasteiger partial charge in [0.1, 0.15) is 0 Å². The first-order valence-electron chi connectivity index (χ1n) is 5.87. The summed E-state index contributed by atoms with van der Waals surface area (Å²) in [5, 5.41) is 4.32. The fourth-order valence-corrected chi connectivity index (χ4v) is 1.87. The van der Waals surface area contributed by atoms with Gasteiger partial charge in [-0.15, -0.1) is 0 Å². The minimum absolute atomic E-state index is 0.560. The molecule has 4 nitrogen and oxygen atoms in total. The van der Waals surface area contributed by atoms with Crippen molar-refractivity contribution < 1.29 is 4.79 Å². The molecule has 3 aromatic rings. The van der Waals surface area contributed by atoms with E-state index in [9.17, 15) is 4.79 Å². The van der Waals surface area contributed by atoms with Gasteiger partial charge in [0.25, 0.3) is 0 Å². The number of hydrogen-bond acceptors (Lipinski definition) is 3. The highest BCUT2D eigenvalue weighted by molar-refractivity contribution is 5.77. The second-order valence-corrected chi connectivity index (χ2v) is 4.13. The van der Waals surface area contributed by atoms with Crippen molar-refractivity contribution in [2.75, 3.05) is 0 Å². The van der Waals surface area contributed by atoms with E-state index in [1.165, 1.54) is 6.20 Å². The molecule has 2 heterocycles. The number of benzene rings is 1. The number of nitrogens with zero attached hydrogens (tertiary/aromatic N) is 3. The molecule has 92 valence electrons. The zero-order valence-corrected chi connectivity index (χ0v) is 10.1. The molecule has 0 aliphatic heterocycles. The molecular formula is C15H11N3O. The first-order chi connectivity index (χ1) is 9.36. The number of aldehydes is 1. The van der Waals surface area contributed by atoms with Crippen molar-refractivity contribution in [3.8, 4) is 16.8 Å². The number of para-hydroxylation sites is 1. The normalized spacial score (nSPS) is 10.3. The Hall–Kier alpha value is -2.75. The lowest BCUT2D eigenvalue weighted by molar-refractivity contribution is 0.112. The molecule has 0 N–H and O–H groups in total. The fourth-order valence-electron chi connectivity index (χ4n) is 1.87. The van der Waals surface area contributed by atoms with Crippen LogP contribution in [0.5, 0.6) is 0 Å². The molecule has 0 atom stereocenters. The maximum atomic E-state index is 10.8. The van der Waals surface area contributed by atoms with Gasteiger partial charge < -0.3 is 0 Å². The molecule has 0 radical (unpaired) electrons. The third-order valence-corrected chi connectivity index (χ3v) is 2.83. The minimum Gasteiger partial charge on any atom is -0.298 e. The summed E-state index contributed by atoms with van der Waals surface area (Å²) in [5.74, 6) is 0. The summed E-state index contributed by atoms with van der Waals surface area (Å²) in [7, 11) is 0. The van der Waals surface area contributed by atoms with Crippen LogP contribution in [-0.4, -0.2) is 21.1 Å². The van der Waals surface area contributed by atoms with Gasteiger partial charge in [-0.25, -0.2) is 4.68 Å². The number of carbonyl (C=O) groups excluding carboxylic acids is 1. The van der Waals surface area contributed by atoms with Crippen LogP contribution < -0.4 is 0 Å². The van der Waals surface area contributed by atoms with Gasteiger partial charge in [0.2, 0.25) is 0 Å². The summed E-state index contributed by atoms with van der Waals surface area (Å²) in [6.45, 7) is 0. The van der Waals surface area contributed by atoms with Crippen molar-refractivity contribution in [1.29, 1.82) is 0 Å². The van der Waals surface area contributed by atoms with Crippen LogP contribution in [0.3, 0.4) is 0 Å². The number of carbonyl (C=O) groups is 1. The van der Waals surface area contributed by atoms with E-state index in [1.54, 1.807) is 23.1 Å². The zero-order valence-electron chi connectivity index (χ0n) is 10.1. The third kappa shape index (κ3) is 2.28. The Labute approximate surface area is 110 Å². The Morgan fingerprint density at radius 1 is 1.00 bits per heavy atom. The average molecular weight is 249 g/mol. The third-order valence-electron chi connectivity index (χ3n) is 2.83. The summed E-state index contributed by atoms with van der Waals surface area (Å²) in [6.07, 6.45) is 7.73. The summed E-state index contributed by atoms with van der Waals surface area (Å²) >= 11 is 0. The second kappa shape index (κ2) is 4.86. The predicted molar refractivity (Wildman–Crippen MR) is 72.2 cm³/mol. The van der Waals surface area contributed by atoms with Crippen LogP contribution in [0.1, 0.15) is 10.4 Å². The van der Waals surface area contributed by atoms with Crippen LogP contribution in [0.2, 0.25) is 0 Å². The van der Waals surface area contributed by atoms with E-state index in [-0.39, 0.29) is 0 Å². The highest BCUT2D eigenvalue weighted by Crippen LogP contribution is 2.19. The first-order valence-corrected chi connectivity index (χ1v) is 5.87. The van der Waals surface area contributed by atoms with E-state index in [0.717, 1.165) is 23.1 Å². The van der Waals surface area contributed by atoms with E-state index < -0.39 is 0 Å². The highest BCUT2D eigenvalue weighted by Gasteiger charge is 2.04. The summed E-state index contributed by atoms with van der Waals surface area (Å²) in [4.78, 5) is 14.8. The van der Waals surface area contributed by atoms with E-state index >= 15 is 0 Å². The molecule has 3 rings (SSSR count). The highest BCUT2D eigenvalue weighted by atomic mass is 16.1. The predicted octanol–water partition coefficient (Wildman–Crippen LogP) is 2.75. The minimum atomic E-state index is 0.560. The Bertz CT molecular complexity index is 704. The van der Waals surface area contributed by atoms with Gasteiger partial charge in [0.05, 0.1) is 11.9 Å². The standard InChI is InChI=1S/C15H11N3O/c19-11-12-6-13(8-16-7-12)14-9-17-18(10-14)15-4-2-1-3-5-15/h1-11H. The Morgan fingerprint density at radius 3 is 2.63 bits per heavy atom. The van der Waals surface area contributed by atoms with E-state index in [4.69, 9.17) is 0 Å². The van der Waals surface area contributed by atoms with Crippen molar-refractivity contribution >= 4 is 6.29 Å². The number of aromatic nitrogens is 3. The Balaban J connectivity index is 1.99. The van der Waals surface area contributed by atoms with Crippen molar-refractivity contribution in [2.45, 2.75) is 0 Å². The topological polar surface area (TPSA) is 47.8 Å². The average Bonchev–Trinajstić information content (AvgIpc) is 2.98. The van der Waals surface area contributed by atoms with Crippen LogP contribution >= 0.6 is 0 Å². The monoisotopic (exact) mass is 249 g/mol. The lowest BCUT2D eigenvalue weighted by Gasteiger charge is -1.99. The van der Waals surface area contributed by atoms with Crippen molar-refractivity contribution in [2.24, 2.45) is 0 Å². The Morgan fingerprint density at radius 2 is 1.84 bits per heavy atom. The molecule has 0 saturated carbocycles. The van der Waals surface area contributed by atoms with Crippen molar-refractivity contribution in [1.82, 2.24) is 14.8 Å². The SMILES string of the molecule is O=Cc1cncc(-c2cnn(-c3ccccc3)c2)c1. The first kappa shape index (κ1) is 11.3. The van der Waals surface area contributed by atoms with Gasteiger partial charge in [-0.2, -0.15) is 5.10 Å². The quantitative estimate of drug-likeness (QED) is 0.670. The molecule has 0 unspecified atom stereocenters. The van der Waals surface area contributed by atoms with Gasteiger partial charge in [0.15, 0.2) is 6.29 Å². The van der Waals surface area contributed by atoms with Crippen LogP contribution in [0, 0.1) is 0 Å². The molecular weight excluding hydrogens is 238 g/mol. The van der Waals surface area contributed by atoms with Crippen LogP contribution in [0.25, 0.3) is 16.8 Å². The number of hydrogen-bond donors (Lipinski definition) is 0. The van der Waals surface area contributed by atoms with Gasteiger partial charge in [-0.05, 0) is 18.2 Å². The lowest BCUT2D eigenvalue weighted by atomic mass is 10.1. The summed E-state index contributed by atoms with van der Waals surface area (Å²) in [6, 6.07) is 11.7. The van der Waals surface area contributed by atoms with Crippen molar-refractivity contribution in [3.63, 3.8) is 0 Å². The van der Waals surface area contributed by atoms with Gasteiger partial charge in [0, 0.05) is 35.3 Å². The fraction of sp³-hybridized carbons (Fsp3) is 0. The molecule has 4 heteroatoms. The second-order valence-electron chi connectivity index (χ2n) is 4.13. The van der Waals surface area contributed by atoms with Crippen LogP contribution in [-0.2, 0) is 0 Å². The smallest absolute Gasteiger partial charge is 0.151 e. The molecule has 19 heavy (non-hydrogen) atoms. The lowest BCUT2D eigenvalue weighted by Crippen LogP contribution is -1.92. The van der Waals surface area contributed by atoms with Crippen LogP contribution in [0.4, 0.5) is 0 Å². The van der Waals surface area contributed by atoms with E-state index in [2.05, 4.69) is 10.1 Å². The zero-order chi connectivity index (χ0) is 13.1. The molecule has 0 spiro atoms. The van der Waals surface area contributed by atoms with Crippen molar-refractivity contribution in [3.05, 3.63) is 66.7 Å². The molecule has 0 saturated heterocycles. The molecule has 0 bridgehead atoms. The Kier molecular flexibility index (Phi) is 2.90. The molecule has 0 fully saturated rings. The molecule has 0 amide bonds. The van der Waals surface area contributed by atoms with Gasteiger partial charge >= 0.3 is 0 Å². The van der Waals surface area contributed by atoms with Crippen LogP contribution in [0.15, 0.2) is 61.2 Å². The van der Waals surface area contributed by atoms with Gasteiger partial charge in [-0.1, -0.05) is 18.2 Å². The summed E-state index contributed by atoms with van der Waals surface area (Å²) in [5.41, 5.74) is 3.37. The molecule has 0 aliphatic carbocycles. The van der Waals surface area contributed by atoms with E-state index in [1.807, 2.05) is 36.5 Å². The maximum absolute atomic E-state index is 10.8. The molecule has 1 aromatic carbocycles. The largest absolute Gasteiger partial charge is 0.298 e.